The Balaban J connectivity index is 1.92. The van der Waals surface area contributed by atoms with Gasteiger partial charge in [-0.3, -0.25) is 0 Å². The van der Waals surface area contributed by atoms with Crippen LogP contribution in [0.15, 0.2) is 44.5 Å². The highest BCUT2D eigenvalue weighted by Crippen LogP contribution is 2.27. The molecule has 106 valence electrons. The molecule has 0 saturated carbocycles. The van der Waals surface area contributed by atoms with Gasteiger partial charge in [0, 0.05) is 0 Å². The van der Waals surface area contributed by atoms with Crippen molar-refractivity contribution >= 4 is 22.1 Å². The first-order valence-corrected chi connectivity index (χ1v) is 6.74. The Labute approximate surface area is 125 Å². The molecule has 0 radical (unpaired) electrons. The van der Waals surface area contributed by atoms with Crippen LogP contribution >= 0.6 is 15.9 Å². The minimum Gasteiger partial charge on any atom is -0.493 e. The molecule has 6 heteroatoms. The van der Waals surface area contributed by atoms with Gasteiger partial charge in [0.15, 0.2) is 16.2 Å². The van der Waals surface area contributed by atoms with E-state index in [1.807, 2.05) is 30.3 Å². The number of halogens is 1. The fraction of sp³-hybridized carbons (Fsp3) is 0.214. The van der Waals surface area contributed by atoms with E-state index in [2.05, 4.69) is 26.5 Å². The lowest BCUT2D eigenvalue weighted by molar-refractivity contribution is 0.354. The molecule has 0 bridgehead atoms. The minimum absolute atomic E-state index is 0.582. The van der Waals surface area contributed by atoms with Gasteiger partial charge in [0.25, 0.3) is 0 Å². The molecule has 0 amide bonds. The summed E-state index contributed by atoms with van der Waals surface area (Å²) in [6.07, 6.45) is 1.62. The van der Waals surface area contributed by atoms with Crippen molar-refractivity contribution in [2.45, 2.75) is 6.54 Å². The summed E-state index contributed by atoms with van der Waals surface area (Å²) in [6, 6.07) is 9.36. The van der Waals surface area contributed by atoms with Gasteiger partial charge >= 0.3 is 0 Å². The molecule has 0 saturated heterocycles. The van der Waals surface area contributed by atoms with Crippen LogP contribution in [-0.2, 0) is 6.54 Å². The molecule has 0 unspecified atom stereocenters. The molecule has 0 spiro atoms. The van der Waals surface area contributed by atoms with Gasteiger partial charge in [-0.2, -0.15) is 5.10 Å². The minimum atomic E-state index is 0.582. The van der Waals surface area contributed by atoms with E-state index in [4.69, 9.17) is 13.9 Å². The quantitative estimate of drug-likeness (QED) is 0.649. The molecule has 0 aliphatic heterocycles. The maximum atomic E-state index is 5.29. The summed E-state index contributed by atoms with van der Waals surface area (Å²) in [7, 11) is 3.23. The number of rotatable bonds is 6. The molecule has 0 atom stereocenters. The van der Waals surface area contributed by atoms with E-state index in [-0.39, 0.29) is 0 Å². The van der Waals surface area contributed by atoms with Crippen LogP contribution < -0.4 is 14.9 Å². The average molecular weight is 339 g/mol. The zero-order valence-corrected chi connectivity index (χ0v) is 12.8. The van der Waals surface area contributed by atoms with Gasteiger partial charge in [-0.25, -0.2) is 0 Å². The Morgan fingerprint density at radius 1 is 1.20 bits per heavy atom. The van der Waals surface area contributed by atoms with Crippen molar-refractivity contribution in [3.8, 4) is 11.5 Å². The van der Waals surface area contributed by atoms with Crippen LogP contribution in [0.5, 0.6) is 11.5 Å². The number of hydrogen-bond donors (Lipinski definition) is 1. The average Bonchev–Trinajstić information content (AvgIpc) is 2.89. The van der Waals surface area contributed by atoms with Gasteiger partial charge in [-0.1, -0.05) is 6.07 Å². The molecule has 5 nitrogen and oxygen atoms in total. The number of ether oxygens (including phenoxy) is 2. The summed E-state index contributed by atoms with van der Waals surface area (Å²) in [5.41, 5.74) is 3.99. The highest BCUT2D eigenvalue weighted by molar-refractivity contribution is 9.10. The molecule has 0 aliphatic rings. The van der Waals surface area contributed by atoms with E-state index >= 15 is 0 Å². The lowest BCUT2D eigenvalue weighted by Gasteiger charge is -2.09. The summed E-state index contributed by atoms with van der Waals surface area (Å²) >= 11 is 3.23. The van der Waals surface area contributed by atoms with Crippen molar-refractivity contribution in [3.63, 3.8) is 0 Å². The zero-order valence-electron chi connectivity index (χ0n) is 11.2. The Morgan fingerprint density at radius 2 is 2.00 bits per heavy atom. The normalized spacial score (nSPS) is 10.8. The molecular formula is C14H15BrN2O3. The standard InChI is InChI=1S/C14H15BrN2O3/c1-18-12-5-3-10(7-13(12)19-2)8-16-17-9-11-4-6-14(15)20-11/h3-7,9,16H,8H2,1-2H3/b17-9-. The van der Waals surface area contributed by atoms with Crippen molar-refractivity contribution < 1.29 is 13.9 Å². The summed E-state index contributed by atoms with van der Waals surface area (Å²) in [5, 5.41) is 4.09. The SMILES string of the molecule is COc1ccc(CN/N=C\c2ccc(Br)o2)cc1OC. The van der Waals surface area contributed by atoms with Crippen LogP contribution in [-0.4, -0.2) is 20.4 Å². The largest absolute Gasteiger partial charge is 0.493 e. The number of nitrogens with one attached hydrogen (secondary N) is 1. The van der Waals surface area contributed by atoms with E-state index in [1.165, 1.54) is 0 Å². The Kier molecular flexibility index (Phi) is 5.06. The summed E-state index contributed by atoms with van der Waals surface area (Å²) in [4.78, 5) is 0. The van der Waals surface area contributed by atoms with E-state index in [0.29, 0.717) is 28.5 Å². The van der Waals surface area contributed by atoms with Gasteiger partial charge in [-0.05, 0) is 45.8 Å². The maximum Gasteiger partial charge on any atom is 0.169 e. The predicted molar refractivity (Wildman–Crippen MR) is 80.4 cm³/mol. The third kappa shape index (κ3) is 3.77. The Hall–Kier alpha value is -1.95. The number of methoxy groups -OCH3 is 2. The molecule has 2 aromatic rings. The lowest BCUT2D eigenvalue weighted by atomic mass is 10.2. The Bertz CT molecular complexity index is 596. The molecular weight excluding hydrogens is 324 g/mol. The Morgan fingerprint density at radius 3 is 2.65 bits per heavy atom. The molecule has 0 fully saturated rings. The maximum absolute atomic E-state index is 5.29. The van der Waals surface area contributed by atoms with E-state index in [1.54, 1.807) is 20.4 Å². The van der Waals surface area contributed by atoms with Crippen LogP contribution in [0, 0.1) is 0 Å². The van der Waals surface area contributed by atoms with E-state index in [0.717, 1.165) is 5.56 Å². The zero-order chi connectivity index (χ0) is 14.4. The van der Waals surface area contributed by atoms with Crippen molar-refractivity contribution in [2.24, 2.45) is 5.10 Å². The second-order valence-electron chi connectivity index (χ2n) is 3.92. The third-order valence-corrected chi connectivity index (χ3v) is 3.03. The van der Waals surface area contributed by atoms with Crippen LogP contribution in [0.25, 0.3) is 0 Å². The lowest BCUT2D eigenvalue weighted by Crippen LogP contribution is -2.05. The summed E-state index contributed by atoms with van der Waals surface area (Å²) in [5.74, 6) is 2.09. The first-order valence-electron chi connectivity index (χ1n) is 5.95. The molecule has 1 N–H and O–H groups in total. The van der Waals surface area contributed by atoms with E-state index < -0.39 is 0 Å². The molecule has 1 aromatic carbocycles. The van der Waals surface area contributed by atoms with Crippen LogP contribution in [0.3, 0.4) is 0 Å². The molecule has 1 aromatic heterocycles. The number of hydrazone groups is 1. The monoisotopic (exact) mass is 338 g/mol. The van der Waals surface area contributed by atoms with Crippen molar-refractivity contribution in [3.05, 3.63) is 46.3 Å². The second-order valence-corrected chi connectivity index (χ2v) is 4.71. The number of nitrogens with zero attached hydrogens (tertiary/aromatic N) is 1. The topological polar surface area (TPSA) is 56.0 Å². The fourth-order valence-corrected chi connectivity index (χ4v) is 1.95. The molecule has 1 heterocycles. The van der Waals surface area contributed by atoms with Gasteiger partial charge in [0.1, 0.15) is 5.76 Å². The first-order chi connectivity index (χ1) is 9.72. The second kappa shape index (κ2) is 7.00. The van der Waals surface area contributed by atoms with Crippen molar-refractivity contribution in [2.75, 3.05) is 14.2 Å². The number of furan rings is 1. The van der Waals surface area contributed by atoms with Gasteiger partial charge in [0.2, 0.25) is 0 Å². The van der Waals surface area contributed by atoms with Crippen LogP contribution in [0.2, 0.25) is 0 Å². The molecule has 0 aliphatic carbocycles. The number of benzene rings is 1. The van der Waals surface area contributed by atoms with E-state index in [9.17, 15) is 0 Å². The molecule has 20 heavy (non-hydrogen) atoms. The summed E-state index contributed by atoms with van der Waals surface area (Å²) in [6.45, 7) is 0.582. The third-order valence-electron chi connectivity index (χ3n) is 2.61. The highest BCUT2D eigenvalue weighted by atomic mass is 79.9. The number of hydrogen-bond acceptors (Lipinski definition) is 5. The fourth-order valence-electron chi connectivity index (χ4n) is 1.63. The van der Waals surface area contributed by atoms with Gasteiger partial charge < -0.3 is 19.3 Å². The highest BCUT2D eigenvalue weighted by Gasteiger charge is 2.03. The predicted octanol–water partition coefficient (Wildman–Crippen LogP) is 3.18. The first kappa shape index (κ1) is 14.5. The summed E-state index contributed by atoms with van der Waals surface area (Å²) < 4.78 is 16.4. The van der Waals surface area contributed by atoms with Gasteiger partial charge in [-0.15, -0.1) is 0 Å². The van der Waals surface area contributed by atoms with Gasteiger partial charge in [0.05, 0.1) is 27.0 Å². The van der Waals surface area contributed by atoms with Crippen LogP contribution in [0.4, 0.5) is 0 Å². The smallest absolute Gasteiger partial charge is 0.169 e. The van der Waals surface area contributed by atoms with Crippen molar-refractivity contribution in [1.82, 2.24) is 5.43 Å². The molecule has 2 rings (SSSR count). The van der Waals surface area contributed by atoms with Crippen molar-refractivity contribution in [1.29, 1.82) is 0 Å². The van der Waals surface area contributed by atoms with Crippen LogP contribution in [0.1, 0.15) is 11.3 Å².